The SMILES string of the molecule is C=CCN1CC(=O)N2C(Cc3ccc(O)cc3)C(=O)N(Cc3cccc(C(=O)NC4CCCCC4)c3)C[C@@H]2N1C(=O)NCc1ccccc1. The lowest BCUT2D eigenvalue weighted by molar-refractivity contribution is -0.189. The monoisotopic (exact) mass is 664 g/mol. The number of carbonyl (C=O) groups excluding carboxylic acids is 4. The van der Waals surface area contributed by atoms with Gasteiger partial charge >= 0.3 is 6.03 Å². The first-order chi connectivity index (χ1) is 23.8. The fourth-order valence-electron chi connectivity index (χ4n) is 7.10. The average Bonchev–Trinajstić information content (AvgIpc) is 3.11. The Labute approximate surface area is 287 Å². The summed E-state index contributed by atoms with van der Waals surface area (Å²) in [5.41, 5.74) is 2.99. The summed E-state index contributed by atoms with van der Waals surface area (Å²) in [7, 11) is 0. The normalized spacial score (nSPS) is 20.1. The van der Waals surface area contributed by atoms with Crippen LogP contribution in [0.3, 0.4) is 0 Å². The highest BCUT2D eigenvalue weighted by Crippen LogP contribution is 2.30. The first-order valence-corrected chi connectivity index (χ1v) is 17.0. The summed E-state index contributed by atoms with van der Waals surface area (Å²) in [5.74, 6) is -0.552. The number of phenols is 1. The molecule has 0 radical (unpaired) electrons. The molecule has 1 aliphatic carbocycles. The van der Waals surface area contributed by atoms with Gasteiger partial charge in [0.15, 0.2) is 0 Å². The zero-order valence-corrected chi connectivity index (χ0v) is 27.7. The number of carbonyl (C=O) groups is 4. The van der Waals surface area contributed by atoms with E-state index >= 15 is 0 Å². The molecule has 49 heavy (non-hydrogen) atoms. The Kier molecular flexibility index (Phi) is 10.6. The molecule has 1 unspecified atom stereocenters. The van der Waals surface area contributed by atoms with Gasteiger partial charge in [0.25, 0.3) is 5.91 Å². The quantitative estimate of drug-likeness (QED) is 0.279. The van der Waals surface area contributed by atoms with E-state index < -0.39 is 18.2 Å². The minimum absolute atomic E-state index is 0.0710. The number of rotatable bonds is 10. The maximum absolute atomic E-state index is 14.3. The van der Waals surface area contributed by atoms with Crippen molar-refractivity contribution in [2.24, 2.45) is 0 Å². The molecule has 1 saturated carbocycles. The lowest BCUT2D eigenvalue weighted by atomic mass is 9.95. The van der Waals surface area contributed by atoms with Gasteiger partial charge in [-0.3, -0.25) is 14.4 Å². The number of amides is 5. The summed E-state index contributed by atoms with van der Waals surface area (Å²) in [6.45, 7) is 4.55. The van der Waals surface area contributed by atoms with Crippen molar-refractivity contribution in [3.63, 3.8) is 0 Å². The smallest absolute Gasteiger partial charge is 0.334 e. The van der Waals surface area contributed by atoms with Gasteiger partial charge in [0.1, 0.15) is 18.0 Å². The van der Waals surface area contributed by atoms with E-state index in [-0.39, 0.29) is 68.7 Å². The molecule has 3 aromatic carbocycles. The topological polar surface area (TPSA) is 126 Å². The largest absolute Gasteiger partial charge is 0.508 e. The van der Waals surface area contributed by atoms with Crippen molar-refractivity contribution in [1.82, 2.24) is 30.5 Å². The maximum atomic E-state index is 14.3. The Morgan fingerprint density at radius 1 is 0.898 bits per heavy atom. The molecular weight excluding hydrogens is 620 g/mol. The van der Waals surface area contributed by atoms with Gasteiger partial charge in [-0.05, 0) is 53.8 Å². The predicted molar refractivity (Wildman–Crippen MR) is 185 cm³/mol. The van der Waals surface area contributed by atoms with Crippen molar-refractivity contribution in [2.45, 2.75) is 69.9 Å². The molecular formula is C38H44N6O5. The van der Waals surface area contributed by atoms with Crippen molar-refractivity contribution in [1.29, 1.82) is 0 Å². The summed E-state index contributed by atoms with van der Waals surface area (Å²) in [6.07, 6.45) is 6.41. The number of phenolic OH excluding ortho intramolecular Hbond substituents is 1. The van der Waals surface area contributed by atoms with Gasteiger partial charge in [0.05, 0.1) is 13.1 Å². The van der Waals surface area contributed by atoms with Crippen LogP contribution in [0.25, 0.3) is 0 Å². The summed E-state index contributed by atoms with van der Waals surface area (Å²) < 4.78 is 0. The van der Waals surface area contributed by atoms with Crippen LogP contribution in [0.1, 0.15) is 59.2 Å². The Bertz CT molecular complexity index is 1660. The van der Waals surface area contributed by atoms with Gasteiger partial charge in [-0.1, -0.05) is 79.9 Å². The fourth-order valence-corrected chi connectivity index (χ4v) is 7.10. The molecule has 3 aromatic rings. The molecule has 11 heteroatoms. The molecule has 3 N–H and O–H groups in total. The van der Waals surface area contributed by atoms with Crippen LogP contribution in [0.15, 0.2) is 91.5 Å². The van der Waals surface area contributed by atoms with E-state index in [0.717, 1.165) is 42.4 Å². The van der Waals surface area contributed by atoms with E-state index in [2.05, 4.69) is 17.2 Å². The molecule has 0 spiro atoms. The molecule has 3 aliphatic rings. The number of nitrogens with one attached hydrogen (secondary N) is 2. The third kappa shape index (κ3) is 7.94. The maximum Gasteiger partial charge on any atom is 0.334 e. The number of hydrogen-bond acceptors (Lipinski definition) is 6. The Hall–Kier alpha value is -5.16. The highest BCUT2D eigenvalue weighted by atomic mass is 16.3. The van der Waals surface area contributed by atoms with E-state index in [1.54, 1.807) is 56.2 Å². The summed E-state index contributed by atoms with van der Waals surface area (Å²) in [6, 6.07) is 22.3. The van der Waals surface area contributed by atoms with Crippen molar-refractivity contribution < 1.29 is 24.3 Å². The summed E-state index contributed by atoms with van der Waals surface area (Å²) in [5, 5.41) is 19.3. The third-order valence-electron chi connectivity index (χ3n) is 9.53. The van der Waals surface area contributed by atoms with Crippen molar-refractivity contribution in [2.75, 3.05) is 19.6 Å². The number of aromatic hydroxyl groups is 1. The van der Waals surface area contributed by atoms with E-state index in [0.29, 0.717) is 5.56 Å². The summed E-state index contributed by atoms with van der Waals surface area (Å²) >= 11 is 0. The summed E-state index contributed by atoms with van der Waals surface area (Å²) in [4.78, 5) is 58.6. The van der Waals surface area contributed by atoms with Crippen LogP contribution >= 0.6 is 0 Å². The van der Waals surface area contributed by atoms with Gasteiger partial charge in [-0.15, -0.1) is 6.58 Å². The minimum atomic E-state index is -0.899. The number of nitrogens with zero attached hydrogens (tertiary/aromatic N) is 4. The second kappa shape index (κ2) is 15.4. The Morgan fingerprint density at radius 2 is 1.63 bits per heavy atom. The van der Waals surface area contributed by atoms with Crippen LogP contribution in [0.2, 0.25) is 0 Å². The van der Waals surface area contributed by atoms with Crippen molar-refractivity contribution in [3.05, 3.63) is 114 Å². The molecule has 5 amide bonds. The van der Waals surface area contributed by atoms with Gasteiger partial charge in [-0.2, -0.15) is 0 Å². The number of hydrazine groups is 1. The van der Waals surface area contributed by atoms with Crippen molar-refractivity contribution >= 4 is 23.8 Å². The van der Waals surface area contributed by atoms with E-state index in [1.165, 1.54) is 6.42 Å². The molecule has 6 rings (SSSR count). The molecule has 2 atom stereocenters. The number of urea groups is 1. The Morgan fingerprint density at radius 3 is 2.37 bits per heavy atom. The molecule has 11 nitrogen and oxygen atoms in total. The highest BCUT2D eigenvalue weighted by Gasteiger charge is 2.51. The number of hydrogen-bond donors (Lipinski definition) is 3. The number of benzene rings is 3. The van der Waals surface area contributed by atoms with Crippen LogP contribution in [0.4, 0.5) is 4.79 Å². The average molecular weight is 665 g/mol. The number of fused-ring (bicyclic) bond motifs is 1. The van der Waals surface area contributed by atoms with Crippen molar-refractivity contribution in [3.8, 4) is 5.75 Å². The van der Waals surface area contributed by atoms with Crippen LogP contribution in [0, 0.1) is 0 Å². The molecule has 0 aromatic heterocycles. The van der Waals surface area contributed by atoms with Gasteiger partial charge < -0.3 is 25.5 Å². The van der Waals surface area contributed by atoms with Crippen LogP contribution < -0.4 is 10.6 Å². The fraction of sp³-hybridized carbons (Fsp3) is 0.368. The number of piperazine rings is 1. The molecule has 256 valence electrons. The van der Waals surface area contributed by atoms with Gasteiger partial charge in [0, 0.05) is 37.7 Å². The minimum Gasteiger partial charge on any atom is -0.508 e. The second-order valence-corrected chi connectivity index (χ2v) is 13.0. The molecule has 2 aliphatic heterocycles. The van der Waals surface area contributed by atoms with Crippen LogP contribution in [-0.2, 0) is 29.1 Å². The van der Waals surface area contributed by atoms with E-state index in [9.17, 15) is 24.3 Å². The molecule has 3 fully saturated rings. The predicted octanol–water partition coefficient (Wildman–Crippen LogP) is 4.19. The van der Waals surface area contributed by atoms with E-state index in [1.807, 2.05) is 48.5 Å². The first-order valence-electron chi connectivity index (χ1n) is 17.0. The lowest BCUT2D eigenvalue weighted by Crippen LogP contribution is -2.76. The first kappa shape index (κ1) is 33.7. The van der Waals surface area contributed by atoms with Crippen LogP contribution in [-0.4, -0.2) is 86.6 Å². The molecule has 2 saturated heterocycles. The standard InChI is InChI=1S/C38H44N6O5/c1-2-20-42-26-35(46)43-33(22-27-16-18-32(45)19-17-27)37(48)41(25-34(43)44(42)38(49)39-23-28-10-5-3-6-11-28)24-29-12-9-13-30(21-29)36(47)40-31-14-7-4-8-15-31/h2-3,5-6,9-13,16-19,21,31,33-34,45H,1,4,7-8,14-15,20,22-26H2,(H,39,49)(H,40,47)/t33?,34-/m0/s1. The lowest BCUT2D eigenvalue weighted by Gasteiger charge is -2.55. The van der Waals surface area contributed by atoms with Crippen LogP contribution in [0.5, 0.6) is 5.75 Å². The van der Waals surface area contributed by atoms with Gasteiger partial charge in [0.2, 0.25) is 11.8 Å². The highest BCUT2D eigenvalue weighted by molar-refractivity contribution is 5.95. The zero-order valence-electron chi connectivity index (χ0n) is 27.7. The second-order valence-electron chi connectivity index (χ2n) is 13.0. The van der Waals surface area contributed by atoms with E-state index in [4.69, 9.17) is 0 Å². The zero-order chi connectivity index (χ0) is 34.3. The molecule has 2 heterocycles. The molecule has 0 bridgehead atoms. The van der Waals surface area contributed by atoms with Gasteiger partial charge in [-0.25, -0.2) is 14.8 Å². The Balaban J connectivity index is 1.29. The third-order valence-corrected chi connectivity index (χ3v) is 9.53.